The number of hydrogen-bond acceptors (Lipinski definition) is 3. The summed E-state index contributed by atoms with van der Waals surface area (Å²) < 4.78 is 7.97. The van der Waals surface area contributed by atoms with Crippen LogP contribution in [0.2, 0.25) is 0 Å². The molecule has 2 aliphatic heterocycles. The lowest BCUT2D eigenvalue weighted by molar-refractivity contribution is -0.0742. The van der Waals surface area contributed by atoms with E-state index in [1.54, 1.807) is 4.68 Å². The van der Waals surface area contributed by atoms with Crippen LogP contribution in [0.4, 0.5) is 0 Å². The number of benzene rings is 1. The van der Waals surface area contributed by atoms with Crippen molar-refractivity contribution in [1.29, 1.82) is 0 Å². The summed E-state index contributed by atoms with van der Waals surface area (Å²) in [6, 6.07) is 10.3. The lowest BCUT2D eigenvalue weighted by Gasteiger charge is -2.39. The van der Waals surface area contributed by atoms with Crippen LogP contribution < -0.4 is 0 Å². The van der Waals surface area contributed by atoms with Gasteiger partial charge in [0.05, 0.1) is 17.9 Å². The summed E-state index contributed by atoms with van der Waals surface area (Å²) in [6.07, 6.45) is 1.71. The molecule has 0 N–H and O–H groups in total. The quantitative estimate of drug-likeness (QED) is 0.853. The van der Waals surface area contributed by atoms with E-state index >= 15 is 0 Å². The number of nitrogens with zero attached hydrogens (tertiary/aromatic N) is 3. The zero-order valence-electron chi connectivity index (χ0n) is 14.3. The molecule has 1 aromatic carbocycles. The van der Waals surface area contributed by atoms with Crippen molar-refractivity contribution in [2.75, 3.05) is 13.1 Å². The molecule has 0 atom stereocenters. The summed E-state index contributed by atoms with van der Waals surface area (Å²) in [7, 11) is 0. The predicted octanol–water partition coefficient (Wildman–Crippen LogP) is 2.87. The molecule has 1 fully saturated rings. The van der Waals surface area contributed by atoms with Gasteiger partial charge in [-0.25, -0.2) is 0 Å². The fraction of sp³-hybridized carbons (Fsp3) is 0.474. The number of hydrogen-bond donors (Lipinski definition) is 0. The minimum Gasteiger partial charge on any atom is -0.365 e. The Labute approximate surface area is 142 Å². The first-order valence-electron chi connectivity index (χ1n) is 8.69. The average Bonchev–Trinajstić information content (AvgIpc) is 3.17. The number of rotatable bonds is 2. The third-order valence-electron chi connectivity index (χ3n) is 5.29. The largest absolute Gasteiger partial charge is 0.365 e. The van der Waals surface area contributed by atoms with Gasteiger partial charge in [0.1, 0.15) is 5.69 Å². The van der Waals surface area contributed by atoms with E-state index in [1.807, 2.05) is 24.8 Å². The molecule has 1 saturated heterocycles. The Bertz CT molecular complexity index is 773. The molecule has 0 radical (unpaired) electrons. The summed E-state index contributed by atoms with van der Waals surface area (Å²) in [5.74, 6) is 0.0820. The van der Waals surface area contributed by atoms with Gasteiger partial charge in [0, 0.05) is 19.6 Å². The van der Waals surface area contributed by atoms with Gasteiger partial charge in [-0.15, -0.1) is 0 Å². The van der Waals surface area contributed by atoms with Gasteiger partial charge in [0.2, 0.25) is 0 Å². The van der Waals surface area contributed by atoms with Gasteiger partial charge in [-0.1, -0.05) is 24.3 Å². The molecule has 2 aromatic rings. The SMILES string of the molecule is CCn1nc(C)cc1C(=O)N1CCC2(CC1)OCc1ccccc12. The Morgan fingerprint density at radius 1 is 1.29 bits per heavy atom. The smallest absolute Gasteiger partial charge is 0.272 e. The van der Waals surface area contributed by atoms with Crippen LogP contribution in [0.25, 0.3) is 0 Å². The monoisotopic (exact) mass is 325 g/mol. The van der Waals surface area contributed by atoms with Crippen molar-refractivity contribution in [2.24, 2.45) is 0 Å². The molecule has 0 aliphatic carbocycles. The van der Waals surface area contributed by atoms with Crippen molar-refractivity contribution >= 4 is 5.91 Å². The van der Waals surface area contributed by atoms with Gasteiger partial charge in [-0.05, 0) is 43.9 Å². The van der Waals surface area contributed by atoms with Gasteiger partial charge in [0.15, 0.2) is 0 Å². The van der Waals surface area contributed by atoms with E-state index in [1.165, 1.54) is 11.1 Å². The van der Waals surface area contributed by atoms with Crippen LogP contribution in [0.1, 0.15) is 47.1 Å². The molecular weight excluding hydrogens is 302 g/mol. The van der Waals surface area contributed by atoms with E-state index in [4.69, 9.17) is 4.74 Å². The van der Waals surface area contributed by atoms with Crippen LogP contribution in [0.3, 0.4) is 0 Å². The highest BCUT2D eigenvalue weighted by Gasteiger charge is 2.43. The maximum Gasteiger partial charge on any atom is 0.272 e. The normalized spacial score (nSPS) is 18.8. The van der Waals surface area contributed by atoms with E-state index in [9.17, 15) is 4.79 Å². The summed E-state index contributed by atoms with van der Waals surface area (Å²) in [5.41, 5.74) is 3.98. The number of likely N-dealkylation sites (tertiary alicyclic amines) is 1. The van der Waals surface area contributed by atoms with Crippen LogP contribution in [-0.2, 0) is 23.5 Å². The van der Waals surface area contributed by atoms with Crippen molar-refractivity contribution in [3.05, 3.63) is 52.8 Å². The van der Waals surface area contributed by atoms with Crippen molar-refractivity contribution in [2.45, 2.75) is 45.4 Å². The Morgan fingerprint density at radius 3 is 2.79 bits per heavy atom. The minimum absolute atomic E-state index is 0.0820. The van der Waals surface area contributed by atoms with E-state index in [0.29, 0.717) is 18.8 Å². The third-order valence-corrected chi connectivity index (χ3v) is 5.29. The number of aryl methyl sites for hydroxylation is 2. The van der Waals surface area contributed by atoms with E-state index in [2.05, 4.69) is 29.4 Å². The molecule has 5 nitrogen and oxygen atoms in total. The van der Waals surface area contributed by atoms with E-state index in [0.717, 1.165) is 31.6 Å². The lowest BCUT2D eigenvalue weighted by Crippen LogP contribution is -2.45. The molecule has 2 aliphatic rings. The molecule has 24 heavy (non-hydrogen) atoms. The van der Waals surface area contributed by atoms with Crippen molar-refractivity contribution in [3.8, 4) is 0 Å². The molecular formula is C19H23N3O2. The van der Waals surface area contributed by atoms with E-state index < -0.39 is 0 Å². The van der Waals surface area contributed by atoms with Crippen molar-refractivity contribution in [1.82, 2.24) is 14.7 Å². The second-order valence-corrected chi connectivity index (χ2v) is 6.72. The molecule has 4 rings (SSSR count). The zero-order valence-corrected chi connectivity index (χ0v) is 14.3. The second-order valence-electron chi connectivity index (χ2n) is 6.72. The topological polar surface area (TPSA) is 47.4 Å². The Morgan fingerprint density at radius 2 is 2.04 bits per heavy atom. The van der Waals surface area contributed by atoms with Crippen LogP contribution in [0, 0.1) is 6.92 Å². The predicted molar refractivity (Wildman–Crippen MR) is 90.7 cm³/mol. The number of carbonyl (C=O) groups is 1. The second kappa shape index (κ2) is 5.74. The van der Waals surface area contributed by atoms with Crippen LogP contribution in [0.15, 0.2) is 30.3 Å². The van der Waals surface area contributed by atoms with Gasteiger partial charge < -0.3 is 9.64 Å². The van der Waals surface area contributed by atoms with Crippen LogP contribution in [-0.4, -0.2) is 33.7 Å². The summed E-state index contributed by atoms with van der Waals surface area (Å²) in [5, 5.41) is 4.39. The summed E-state index contributed by atoms with van der Waals surface area (Å²) >= 11 is 0. The molecule has 0 unspecified atom stereocenters. The van der Waals surface area contributed by atoms with Gasteiger partial charge >= 0.3 is 0 Å². The number of fused-ring (bicyclic) bond motifs is 2. The average molecular weight is 325 g/mol. The van der Waals surface area contributed by atoms with Gasteiger partial charge in [0.25, 0.3) is 5.91 Å². The fourth-order valence-corrected chi connectivity index (χ4v) is 3.99. The Balaban J connectivity index is 1.52. The molecule has 0 saturated carbocycles. The highest BCUT2D eigenvalue weighted by atomic mass is 16.5. The molecule has 5 heteroatoms. The third kappa shape index (κ3) is 2.35. The Hall–Kier alpha value is -2.14. The number of carbonyl (C=O) groups excluding carboxylic acids is 1. The zero-order chi connectivity index (χ0) is 16.7. The first kappa shape index (κ1) is 15.4. The first-order valence-corrected chi connectivity index (χ1v) is 8.69. The van der Waals surface area contributed by atoms with Gasteiger partial charge in [-0.2, -0.15) is 5.10 Å². The molecule has 1 aromatic heterocycles. The molecule has 0 bridgehead atoms. The highest BCUT2D eigenvalue weighted by Crippen LogP contribution is 2.44. The van der Waals surface area contributed by atoms with E-state index in [-0.39, 0.29) is 11.5 Å². The van der Waals surface area contributed by atoms with Crippen LogP contribution in [0.5, 0.6) is 0 Å². The fourth-order valence-electron chi connectivity index (χ4n) is 3.99. The van der Waals surface area contributed by atoms with Gasteiger partial charge in [-0.3, -0.25) is 9.48 Å². The highest BCUT2D eigenvalue weighted by molar-refractivity contribution is 5.92. The summed E-state index contributed by atoms with van der Waals surface area (Å²) in [6.45, 7) is 6.78. The number of amides is 1. The van der Waals surface area contributed by atoms with Crippen molar-refractivity contribution in [3.63, 3.8) is 0 Å². The minimum atomic E-state index is -0.200. The standard InChI is InChI=1S/C19H23N3O2/c1-3-22-17(12-14(2)20-22)18(23)21-10-8-19(9-11-21)16-7-5-4-6-15(16)13-24-19/h4-7,12H,3,8-11,13H2,1-2H3. The van der Waals surface area contributed by atoms with Crippen molar-refractivity contribution < 1.29 is 9.53 Å². The molecule has 1 amide bonds. The summed E-state index contributed by atoms with van der Waals surface area (Å²) in [4.78, 5) is 14.8. The van der Waals surface area contributed by atoms with Crippen LogP contribution >= 0.6 is 0 Å². The number of ether oxygens (including phenoxy) is 1. The maximum atomic E-state index is 12.9. The maximum absolute atomic E-state index is 12.9. The Kier molecular flexibility index (Phi) is 3.68. The molecule has 126 valence electrons. The number of aromatic nitrogens is 2. The molecule has 3 heterocycles. The molecule has 1 spiro atoms. The lowest BCUT2D eigenvalue weighted by atomic mass is 9.84. The number of piperidine rings is 1. The first-order chi connectivity index (χ1) is 11.6.